The van der Waals surface area contributed by atoms with Crippen LogP contribution in [0.1, 0.15) is 59.3 Å². The Bertz CT molecular complexity index is 656. The van der Waals surface area contributed by atoms with Crippen molar-refractivity contribution in [3.63, 3.8) is 0 Å². The summed E-state index contributed by atoms with van der Waals surface area (Å²) in [6.07, 6.45) is 7.23. The van der Waals surface area contributed by atoms with Gasteiger partial charge < -0.3 is 15.1 Å². The van der Waals surface area contributed by atoms with E-state index in [9.17, 15) is 4.79 Å². The quantitative estimate of drug-likeness (QED) is 0.789. The van der Waals surface area contributed by atoms with Gasteiger partial charge in [-0.15, -0.1) is 12.4 Å². The minimum atomic E-state index is -0.347. The summed E-state index contributed by atoms with van der Waals surface area (Å²) in [7, 11) is 0. The number of hydrogen-bond acceptors (Lipinski definition) is 3. The lowest BCUT2D eigenvalue weighted by Crippen LogP contribution is -2.58. The van der Waals surface area contributed by atoms with Gasteiger partial charge in [-0.1, -0.05) is 39.0 Å². The topological polar surface area (TPSA) is 35.6 Å². The van der Waals surface area contributed by atoms with E-state index in [1.807, 2.05) is 6.07 Å². The zero-order valence-corrected chi connectivity index (χ0v) is 18.4. The van der Waals surface area contributed by atoms with Crippen LogP contribution in [0.3, 0.4) is 0 Å². The van der Waals surface area contributed by atoms with Crippen molar-refractivity contribution in [3.05, 3.63) is 30.3 Å². The predicted molar refractivity (Wildman–Crippen MR) is 118 cm³/mol. The SMILES string of the molecule is CC(C)(C)[C@H]1CC[C@@H](N2CCC3(CC2)C(=O)NCN3c2ccccc2)CC1.Cl. The third-order valence-corrected chi connectivity index (χ3v) is 7.47. The van der Waals surface area contributed by atoms with E-state index >= 15 is 0 Å². The van der Waals surface area contributed by atoms with E-state index in [-0.39, 0.29) is 23.9 Å². The molecule has 1 aromatic rings. The van der Waals surface area contributed by atoms with Gasteiger partial charge in [0, 0.05) is 24.8 Å². The third-order valence-electron chi connectivity index (χ3n) is 7.47. The Morgan fingerprint density at radius 3 is 2.18 bits per heavy atom. The van der Waals surface area contributed by atoms with Crippen molar-refractivity contribution in [1.29, 1.82) is 0 Å². The van der Waals surface area contributed by atoms with Crippen LogP contribution < -0.4 is 10.2 Å². The summed E-state index contributed by atoms with van der Waals surface area (Å²) in [6, 6.07) is 11.1. The van der Waals surface area contributed by atoms with Crippen LogP contribution in [0.15, 0.2) is 30.3 Å². The summed E-state index contributed by atoms with van der Waals surface area (Å²) in [5.41, 5.74) is 1.25. The maximum atomic E-state index is 12.8. The minimum absolute atomic E-state index is 0. The molecule has 0 aromatic heterocycles. The fourth-order valence-electron chi connectivity index (χ4n) is 5.60. The largest absolute Gasteiger partial charge is 0.339 e. The van der Waals surface area contributed by atoms with Crippen molar-refractivity contribution < 1.29 is 4.79 Å². The van der Waals surface area contributed by atoms with Gasteiger partial charge in [-0.2, -0.15) is 0 Å². The zero-order chi connectivity index (χ0) is 19.1. The molecule has 3 aliphatic rings. The number of carbonyl (C=O) groups excluding carboxylic acids is 1. The van der Waals surface area contributed by atoms with Crippen molar-refractivity contribution >= 4 is 24.0 Å². The van der Waals surface area contributed by atoms with Gasteiger partial charge in [-0.3, -0.25) is 4.79 Å². The number of halogens is 1. The summed E-state index contributed by atoms with van der Waals surface area (Å²) >= 11 is 0. The van der Waals surface area contributed by atoms with Gasteiger partial charge in [-0.05, 0) is 62.0 Å². The van der Waals surface area contributed by atoms with Gasteiger partial charge in [-0.25, -0.2) is 0 Å². The number of piperidine rings is 1. The number of nitrogens with zero attached hydrogens (tertiary/aromatic N) is 2. The van der Waals surface area contributed by atoms with Crippen LogP contribution in [0, 0.1) is 11.3 Å². The highest BCUT2D eigenvalue weighted by Gasteiger charge is 2.51. The summed E-state index contributed by atoms with van der Waals surface area (Å²) in [6.45, 7) is 9.89. The van der Waals surface area contributed by atoms with E-state index in [0.29, 0.717) is 12.1 Å². The number of rotatable bonds is 2. The molecule has 2 saturated heterocycles. The highest BCUT2D eigenvalue weighted by atomic mass is 35.5. The van der Waals surface area contributed by atoms with Crippen LogP contribution >= 0.6 is 12.4 Å². The van der Waals surface area contributed by atoms with Crippen LogP contribution in [0.2, 0.25) is 0 Å². The Kier molecular flexibility index (Phi) is 6.31. The molecule has 2 aliphatic heterocycles. The van der Waals surface area contributed by atoms with Crippen molar-refractivity contribution in [2.75, 3.05) is 24.7 Å². The van der Waals surface area contributed by atoms with Gasteiger partial charge >= 0.3 is 0 Å². The summed E-state index contributed by atoms with van der Waals surface area (Å²) in [5, 5.41) is 3.11. The molecule has 1 saturated carbocycles. The molecule has 28 heavy (non-hydrogen) atoms. The molecule has 0 bridgehead atoms. The monoisotopic (exact) mass is 405 g/mol. The summed E-state index contributed by atoms with van der Waals surface area (Å²) in [5.74, 6) is 1.08. The maximum Gasteiger partial charge on any atom is 0.247 e. The number of anilines is 1. The standard InChI is InChI=1S/C23H35N3O.ClH/c1-22(2,3)18-9-11-19(12-10-18)25-15-13-23(14-16-25)21(27)24-17-26(23)20-7-5-4-6-8-20;/h4-8,18-19H,9-17H2,1-3H3,(H,24,27);1H/t18-,19+;. The molecule has 1 spiro atoms. The predicted octanol–water partition coefficient (Wildman–Crippen LogP) is 4.44. The van der Waals surface area contributed by atoms with Crippen molar-refractivity contribution in [2.45, 2.75) is 70.9 Å². The van der Waals surface area contributed by atoms with Gasteiger partial charge in [0.25, 0.3) is 0 Å². The third kappa shape index (κ3) is 3.91. The molecule has 0 atom stereocenters. The fourth-order valence-corrected chi connectivity index (χ4v) is 5.60. The number of para-hydroxylation sites is 1. The first-order valence-corrected chi connectivity index (χ1v) is 10.8. The molecule has 0 radical (unpaired) electrons. The first-order valence-electron chi connectivity index (χ1n) is 10.8. The Balaban J connectivity index is 0.00000225. The first-order chi connectivity index (χ1) is 12.9. The van der Waals surface area contributed by atoms with Crippen LogP contribution in [-0.4, -0.2) is 42.1 Å². The maximum absolute atomic E-state index is 12.8. The van der Waals surface area contributed by atoms with E-state index in [4.69, 9.17) is 0 Å². The highest BCUT2D eigenvalue weighted by molar-refractivity contribution is 5.93. The Hall–Kier alpha value is -1.26. The van der Waals surface area contributed by atoms with Crippen molar-refractivity contribution in [1.82, 2.24) is 10.2 Å². The lowest BCUT2D eigenvalue weighted by atomic mass is 9.71. The molecule has 3 fully saturated rings. The van der Waals surface area contributed by atoms with E-state index in [1.54, 1.807) is 0 Å². The molecule has 1 N–H and O–H groups in total. The second-order valence-electron chi connectivity index (χ2n) is 9.87. The van der Waals surface area contributed by atoms with Crippen LogP contribution in [0.4, 0.5) is 5.69 Å². The molecule has 4 rings (SSSR count). The van der Waals surface area contributed by atoms with Crippen molar-refractivity contribution in [3.8, 4) is 0 Å². The van der Waals surface area contributed by atoms with E-state index in [0.717, 1.165) is 43.6 Å². The zero-order valence-electron chi connectivity index (χ0n) is 17.6. The average Bonchev–Trinajstić information content (AvgIpc) is 2.98. The molecule has 5 heteroatoms. The number of likely N-dealkylation sites (tertiary alicyclic amines) is 1. The fraction of sp³-hybridized carbons (Fsp3) is 0.696. The van der Waals surface area contributed by atoms with E-state index in [1.165, 1.54) is 25.7 Å². The summed E-state index contributed by atoms with van der Waals surface area (Å²) < 4.78 is 0. The number of nitrogens with one attached hydrogen (secondary N) is 1. The first kappa shape index (κ1) is 21.4. The van der Waals surface area contributed by atoms with E-state index < -0.39 is 0 Å². The van der Waals surface area contributed by atoms with E-state index in [2.05, 4.69) is 60.2 Å². The van der Waals surface area contributed by atoms with Gasteiger partial charge in [0.2, 0.25) is 5.91 Å². The Labute approximate surface area is 176 Å². The average molecular weight is 406 g/mol. The normalized spacial score (nSPS) is 28.1. The van der Waals surface area contributed by atoms with Crippen LogP contribution in [0.25, 0.3) is 0 Å². The van der Waals surface area contributed by atoms with Gasteiger partial charge in [0.15, 0.2) is 0 Å². The molecule has 4 nitrogen and oxygen atoms in total. The van der Waals surface area contributed by atoms with Gasteiger partial charge in [0.05, 0.1) is 6.67 Å². The minimum Gasteiger partial charge on any atom is -0.339 e. The number of amides is 1. The number of hydrogen-bond donors (Lipinski definition) is 1. The van der Waals surface area contributed by atoms with Crippen LogP contribution in [0.5, 0.6) is 0 Å². The second kappa shape index (κ2) is 8.23. The smallest absolute Gasteiger partial charge is 0.247 e. The van der Waals surface area contributed by atoms with Crippen molar-refractivity contribution in [2.24, 2.45) is 11.3 Å². The highest BCUT2D eigenvalue weighted by Crippen LogP contribution is 2.41. The lowest BCUT2D eigenvalue weighted by molar-refractivity contribution is -0.125. The Morgan fingerprint density at radius 1 is 1.00 bits per heavy atom. The molecular weight excluding hydrogens is 370 g/mol. The molecule has 0 unspecified atom stereocenters. The molecular formula is C23H36ClN3O. The van der Waals surface area contributed by atoms with Gasteiger partial charge in [0.1, 0.15) is 5.54 Å². The number of benzene rings is 1. The second-order valence-corrected chi connectivity index (χ2v) is 9.87. The molecule has 1 aromatic carbocycles. The molecule has 156 valence electrons. The Morgan fingerprint density at radius 2 is 1.61 bits per heavy atom. The molecule has 2 heterocycles. The molecule has 1 aliphatic carbocycles. The van der Waals surface area contributed by atoms with Crippen LogP contribution in [-0.2, 0) is 4.79 Å². The lowest BCUT2D eigenvalue weighted by Gasteiger charge is -2.47. The number of carbonyl (C=O) groups is 1. The molecule has 1 amide bonds. The summed E-state index contributed by atoms with van der Waals surface area (Å²) in [4.78, 5) is 17.8.